The fourth-order valence-corrected chi connectivity index (χ4v) is 1.23. The summed E-state index contributed by atoms with van der Waals surface area (Å²) in [5.41, 5.74) is 5.60. The quantitative estimate of drug-likeness (QED) is 0.663. The van der Waals surface area contributed by atoms with Crippen LogP contribution in [0, 0.1) is 5.92 Å². The maximum atomic E-state index is 9.23. The molecule has 0 amide bonds. The van der Waals surface area contributed by atoms with E-state index in [0.717, 1.165) is 0 Å². The normalized spacial score (nSPS) is 12.6. The van der Waals surface area contributed by atoms with Crippen molar-refractivity contribution in [2.24, 2.45) is 5.92 Å². The van der Waals surface area contributed by atoms with Crippen LogP contribution in [0.15, 0.2) is 0 Å². The summed E-state index contributed by atoms with van der Waals surface area (Å²) in [6, 6.07) is -0.105. The molecule has 1 heterocycles. The number of hydrogen-bond donors (Lipinski definition) is 3. The zero-order chi connectivity index (χ0) is 13.0. The predicted octanol–water partition coefficient (Wildman–Crippen LogP) is -0.0514. The van der Waals surface area contributed by atoms with E-state index in [0.29, 0.717) is 11.9 Å². The third kappa shape index (κ3) is 3.70. The molecule has 1 aromatic rings. The van der Waals surface area contributed by atoms with Gasteiger partial charge in [-0.25, -0.2) is 0 Å². The lowest BCUT2D eigenvalue weighted by atomic mass is 10.1. The summed E-state index contributed by atoms with van der Waals surface area (Å²) in [6.07, 6.45) is 0. The van der Waals surface area contributed by atoms with Gasteiger partial charge in [-0.1, -0.05) is 13.8 Å². The molecule has 0 fully saturated rings. The fraction of sp³-hybridized carbons (Fsp3) is 0.700. The van der Waals surface area contributed by atoms with Crippen molar-refractivity contribution in [1.82, 2.24) is 15.0 Å². The van der Waals surface area contributed by atoms with Crippen molar-refractivity contribution in [1.29, 1.82) is 0 Å². The van der Waals surface area contributed by atoms with Crippen molar-refractivity contribution in [2.75, 3.05) is 36.7 Å². The Balaban J connectivity index is 2.90. The highest BCUT2D eigenvalue weighted by molar-refractivity contribution is 5.41. The van der Waals surface area contributed by atoms with Crippen molar-refractivity contribution in [3.8, 4) is 0 Å². The van der Waals surface area contributed by atoms with Gasteiger partial charge in [-0.15, -0.1) is 0 Å². The first-order chi connectivity index (χ1) is 7.93. The number of aliphatic hydroxyl groups is 1. The van der Waals surface area contributed by atoms with Crippen LogP contribution < -0.4 is 16.0 Å². The molecular formula is C10H20N6O. The summed E-state index contributed by atoms with van der Waals surface area (Å²) >= 11 is 0. The van der Waals surface area contributed by atoms with Crippen LogP contribution in [0.4, 0.5) is 17.8 Å². The number of rotatable bonds is 5. The highest BCUT2D eigenvalue weighted by Gasteiger charge is 2.14. The van der Waals surface area contributed by atoms with Crippen LogP contribution in [0.3, 0.4) is 0 Å². The number of aromatic nitrogens is 3. The molecule has 7 nitrogen and oxygen atoms in total. The van der Waals surface area contributed by atoms with E-state index >= 15 is 0 Å². The number of nitrogens with one attached hydrogen (secondary N) is 1. The molecule has 0 spiro atoms. The maximum absolute atomic E-state index is 9.23. The van der Waals surface area contributed by atoms with Gasteiger partial charge in [0.15, 0.2) is 0 Å². The molecule has 1 atom stereocenters. The van der Waals surface area contributed by atoms with E-state index in [1.54, 1.807) is 4.90 Å². The number of aliphatic hydroxyl groups excluding tert-OH is 1. The van der Waals surface area contributed by atoms with Gasteiger partial charge in [0.25, 0.3) is 0 Å². The third-order valence-corrected chi connectivity index (χ3v) is 2.36. The van der Waals surface area contributed by atoms with Gasteiger partial charge >= 0.3 is 0 Å². The average Bonchev–Trinajstić information content (AvgIpc) is 2.24. The molecular weight excluding hydrogens is 220 g/mol. The van der Waals surface area contributed by atoms with Gasteiger partial charge in [0.1, 0.15) is 0 Å². The molecule has 0 saturated carbocycles. The standard InChI is InChI=1S/C10H20N6O/c1-6(2)7(5-17)12-9-13-8(11)14-10(15-9)16(3)4/h6-7,17H,5H2,1-4H3,(H3,11,12,13,14,15)/t7-/m1/s1. The Morgan fingerprint density at radius 2 is 1.94 bits per heavy atom. The molecule has 17 heavy (non-hydrogen) atoms. The highest BCUT2D eigenvalue weighted by atomic mass is 16.3. The van der Waals surface area contributed by atoms with Crippen LogP contribution in [-0.2, 0) is 0 Å². The molecule has 4 N–H and O–H groups in total. The second-order valence-electron chi connectivity index (χ2n) is 4.39. The van der Waals surface area contributed by atoms with Crippen molar-refractivity contribution >= 4 is 17.8 Å². The molecule has 96 valence electrons. The third-order valence-electron chi connectivity index (χ3n) is 2.36. The summed E-state index contributed by atoms with van der Waals surface area (Å²) in [6.45, 7) is 4.02. The molecule has 0 bridgehead atoms. The van der Waals surface area contributed by atoms with Crippen LogP contribution in [0.5, 0.6) is 0 Å². The van der Waals surface area contributed by atoms with Crippen LogP contribution in [0.25, 0.3) is 0 Å². The lowest BCUT2D eigenvalue weighted by Gasteiger charge is -2.20. The molecule has 0 unspecified atom stereocenters. The Hall–Kier alpha value is -1.63. The Morgan fingerprint density at radius 3 is 2.41 bits per heavy atom. The average molecular weight is 240 g/mol. The highest BCUT2D eigenvalue weighted by Crippen LogP contribution is 2.12. The molecule has 0 aliphatic rings. The minimum Gasteiger partial charge on any atom is -0.394 e. The predicted molar refractivity (Wildman–Crippen MR) is 67.9 cm³/mol. The molecule has 1 rings (SSSR count). The van der Waals surface area contributed by atoms with Gasteiger partial charge < -0.3 is 21.1 Å². The number of nitrogens with zero attached hydrogens (tertiary/aromatic N) is 4. The van der Waals surface area contributed by atoms with E-state index in [1.807, 2.05) is 27.9 Å². The second-order valence-corrected chi connectivity index (χ2v) is 4.39. The first-order valence-electron chi connectivity index (χ1n) is 5.50. The summed E-state index contributed by atoms with van der Waals surface area (Å²) < 4.78 is 0. The number of nitrogen functional groups attached to an aromatic ring is 1. The summed E-state index contributed by atoms with van der Waals surface area (Å²) in [7, 11) is 3.65. The van der Waals surface area contributed by atoms with Crippen molar-refractivity contribution < 1.29 is 5.11 Å². The van der Waals surface area contributed by atoms with Crippen molar-refractivity contribution in [3.05, 3.63) is 0 Å². The van der Waals surface area contributed by atoms with E-state index in [-0.39, 0.29) is 24.5 Å². The summed E-state index contributed by atoms with van der Waals surface area (Å²) in [4.78, 5) is 13.9. The van der Waals surface area contributed by atoms with Gasteiger partial charge in [0, 0.05) is 14.1 Å². The van der Waals surface area contributed by atoms with Gasteiger partial charge in [-0.3, -0.25) is 0 Å². The van der Waals surface area contributed by atoms with Crippen LogP contribution in [-0.4, -0.2) is 46.8 Å². The number of nitrogens with two attached hydrogens (primary N) is 1. The topological polar surface area (TPSA) is 100 Å². The largest absolute Gasteiger partial charge is 0.394 e. The van der Waals surface area contributed by atoms with E-state index in [4.69, 9.17) is 5.73 Å². The Bertz CT molecular complexity index is 368. The van der Waals surface area contributed by atoms with Gasteiger partial charge in [0.05, 0.1) is 12.6 Å². The van der Waals surface area contributed by atoms with Gasteiger partial charge in [0.2, 0.25) is 17.8 Å². The molecule has 0 aliphatic carbocycles. The van der Waals surface area contributed by atoms with E-state index in [1.165, 1.54) is 0 Å². The zero-order valence-electron chi connectivity index (χ0n) is 10.7. The molecule has 7 heteroatoms. The zero-order valence-corrected chi connectivity index (χ0v) is 10.7. The maximum Gasteiger partial charge on any atom is 0.231 e. The van der Waals surface area contributed by atoms with E-state index in [2.05, 4.69) is 20.3 Å². The monoisotopic (exact) mass is 240 g/mol. The van der Waals surface area contributed by atoms with Crippen LogP contribution >= 0.6 is 0 Å². The number of anilines is 3. The SMILES string of the molecule is CC(C)[C@@H](CO)Nc1nc(N)nc(N(C)C)n1. The number of hydrogen-bond acceptors (Lipinski definition) is 7. The summed E-state index contributed by atoms with van der Waals surface area (Å²) in [5, 5.41) is 12.3. The summed E-state index contributed by atoms with van der Waals surface area (Å²) in [5.74, 6) is 1.29. The minimum atomic E-state index is -0.105. The first kappa shape index (κ1) is 13.4. The molecule has 0 saturated heterocycles. The second kappa shape index (κ2) is 5.62. The first-order valence-corrected chi connectivity index (χ1v) is 5.50. The Kier molecular flexibility index (Phi) is 4.45. The Morgan fingerprint density at radius 1 is 1.29 bits per heavy atom. The lowest BCUT2D eigenvalue weighted by Crippen LogP contribution is -2.31. The molecule has 0 aliphatic heterocycles. The lowest BCUT2D eigenvalue weighted by molar-refractivity contribution is 0.248. The van der Waals surface area contributed by atoms with Crippen molar-refractivity contribution in [2.45, 2.75) is 19.9 Å². The fourth-order valence-electron chi connectivity index (χ4n) is 1.23. The van der Waals surface area contributed by atoms with Crippen LogP contribution in [0.2, 0.25) is 0 Å². The smallest absolute Gasteiger partial charge is 0.231 e. The van der Waals surface area contributed by atoms with Gasteiger partial charge in [-0.05, 0) is 5.92 Å². The molecule has 0 radical (unpaired) electrons. The van der Waals surface area contributed by atoms with Gasteiger partial charge in [-0.2, -0.15) is 15.0 Å². The Labute approximate surface area is 101 Å². The van der Waals surface area contributed by atoms with E-state index < -0.39 is 0 Å². The van der Waals surface area contributed by atoms with Crippen LogP contribution in [0.1, 0.15) is 13.8 Å². The molecule has 0 aromatic carbocycles. The molecule has 1 aromatic heterocycles. The minimum absolute atomic E-state index is 0.0144. The van der Waals surface area contributed by atoms with E-state index in [9.17, 15) is 5.11 Å². The van der Waals surface area contributed by atoms with Crippen molar-refractivity contribution in [3.63, 3.8) is 0 Å².